The van der Waals surface area contributed by atoms with Crippen LogP contribution in [-0.4, -0.2) is 47.5 Å². The Bertz CT molecular complexity index is 1490. The molecule has 0 aliphatic heterocycles. The summed E-state index contributed by atoms with van der Waals surface area (Å²) in [6.45, 7) is 4.08. The first-order valence-corrected chi connectivity index (χ1v) is 12.6. The summed E-state index contributed by atoms with van der Waals surface area (Å²) in [6.07, 6.45) is 3.93. The van der Waals surface area contributed by atoms with Crippen molar-refractivity contribution in [3.63, 3.8) is 0 Å². The third kappa shape index (κ3) is 7.37. The molecule has 0 aliphatic rings. The Morgan fingerprint density at radius 2 is 1.85 bits per heavy atom. The molecule has 3 N–H and O–H groups in total. The SMILES string of the molecule is CC(C)CC(NC(=O)C=Cc1cc(Cl)ccc1-n1cnnn1)c1cc(-c2ccc(NC(=O)O)cc2)nnc1Cl. The molecule has 2 aromatic carbocycles. The maximum absolute atomic E-state index is 13.0. The van der Waals surface area contributed by atoms with Gasteiger partial charge in [0.2, 0.25) is 5.91 Å². The maximum Gasteiger partial charge on any atom is 0.409 e. The fourth-order valence-electron chi connectivity index (χ4n) is 3.88. The van der Waals surface area contributed by atoms with E-state index in [0.717, 1.165) is 0 Å². The van der Waals surface area contributed by atoms with Crippen LogP contribution in [0, 0.1) is 5.92 Å². The first-order chi connectivity index (χ1) is 18.7. The average Bonchev–Trinajstić information content (AvgIpc) is 3.42. The minimum Gasteiger partial charge on any atom is -0.465 e. The number of anilines is 1. The first-order valence-electron chi connectivity index (χ1n) is 11.8. The van der Waals surface area contributed by atoms with Crippen LogP contribution in [0.2, 0.25) is 10.2 Å². The predicted octanol–water partition coefficient (Wildman–Crippen LogP) is 5.43. The second-order valence-electron chi connectivity index (χ2n) is 8.96. The molecule has 4 aromatic rings. The van der Waals surface area contributed by atoms with Gasteiger partial charge in [0.1, 0.15) is 6.33 Å². The molecule has 13 heteroatoms. The van der Waals surface area contributed by atoms with Crippen LogP contribution in [0.15, 0.2) is 60.9 Å². The number of hydrogen-bond acceptors (Lipinski definition) is 7. The van der Waals surface area contributed by atoms with E-state index in [4.69, 9.17) is 28.3 Å². The van der Waals surface area contributed by atoms with Gasteiger partial charge in [0.25, 0.3) is 0 Å². The number of benzene rings is 2. The van der Waals surface area contributed by atoms with E-state index in [0.29, 0.717) is 45.2 Å². The predicted molar refractivity (Wildman–Crippen MR) is 148 cm³/mol. The van der Waals surface area contributed by atoms with Crippen molar-refractivity contribution in [1.29, 1.82) is 0 Å². The van der Waals surface area contributed by atoms with Crippen molar-refractivity contribution in [3.05, 3.63) is 82.2 Å². The number of nitrogens with one attached hydrogen (secondary N) is 2. The Hall–Kier alpha value is -4.35. The Kier molecular flexibility index (Phi) is 8.84. The van der Waals surface area contributed by atoms with Crippen molar-refractivity contribution in [2.45, 2.75) is 26.3 Å². The van der Waals surface area contributed by atoms with Gasteiger partial charge in [-0.3, -0.25) is 10.1 Å². The van der Waals surface area contributed by atoms with Crippen molar-refractivity contribution in [2.24, 2.45) is 5.92 Å². The fraction of sp³-hybridized carbons (Fsp3) is 0.192. The fourth-order valence-corrected chi connectivity index (χ4v) is 4.29. The van der Waals surface area contributed by atoms with Gasteiger partial charge in [-0.1, -0.05) is 49.2 Å². The largest absolute Gasteiger partial charge is 0.465 e. The molecule has 11 nitrogen and oxygen atoms in total. The van der Waals surface area contributed by atoms with Crippen LogP contribution in [-0.2, 0) is 4.79 Å². The van der Waals surface area contributed by atoms with E-state index in [1.54, 1.807) is 54.6 Å². The summed E-state index contributed by atoms with van der Waals surface area (Å²) in [5, 5.41) is 34.4. The van der Waals surface area contributed by atoms with E-state index < -0.39 is 12.1 Å². The van der Waals surface area contributed by atoms with E-state index in [-0.39, 0.29) is 17.0 Å². The van der Waals surface area contributed by atoms with Crippen molar-refractivity contribution < 1.29 is 14.7 Å². The summed E-state index contributed by atoms with van der Waals surface area (Å²) >= 11 is 12.6. The van der Waals surface area contributed by atoms with Gasteiger partial charge in [-0.05, 0) is 65.2 Å². The average molecular weight is 567 g/mol. The summed E-state index contributed by atoms with van der Waals surface area (Å²) in [6, 6.07) is 13.2. The van der Waals surface area contributed by atoms with Crippen LogP contribution in [0.3, 0.4) is 0 Å². The number of amides is 2. The molecule has 0 aliphatic carbocycles. The Balaban J connectivity index is 1.58. The van der Waals surface area contributed by atoms with Gasteiger partial charge in [0.05, 0.1) is 17.4 Å². The standard InChI is InChI=1S/C26H24Cl2N8O3/c1-15(2)11-22(20-13-21(32-33-25(20)28)16-3-7-19(8-4-16)30-26(38)39)31-24(37)10-5-17-12-18(27)6-9-23(17)36-14-29-34-35-36/h3-10,12-15,22,30H,11H2,1-2H3,(H,31,37)(H,38,39). The molecule has 1 unspecified atom stereocenters. The minimum absolute atomic E-state index is 0.175. The second kappa shape index (κ2) is 12.5. The number of rotatable bonds is 9. The molecule has 2 heterocycles. The van der Waals surface area contributed by atoms with Crippen molar-refractivity contribution in [3.8, 4) is 16.9 Å². The highest BCUT2D eigenvalue weighted by Crippen LogP contribution is 2.30. The van der Waals surface area contributed by atoms with Gasteiger partial charge in [-0.25, -0.2) is 4.79 Å². The molecule has 1 atom stereocenters. The molecule has 0 saturated carbocycles. The van der Waals surface area contributed by atoms with E-state index in [2.05, 4.69) is 36.4 Å². The summed E-state index contributed by atoms with van der Waals surface area (Å²) in [4.78, 5) is 23.9. The number of hydrogen-bond donors (Lipinski definition) is 3. The van der Waals surface area contributed by atoms with Gasteiger partial charge in [0, 0.05) is 33.5 Å². The van der Waals surface area contributed by atoms with E-state index >= 15 is 0 Å². The lowest BCUT2D eigenvalue weighted by Gasteiger charge is -2.21. The van der Waals surface area contributed by atoms with Crippen LogP contribution >= 0.6 is 23.2 Å². The topological polar surface area (TPSA) is 148 Å². The highest BCUT2D eigenvalue weighted by atomic mass is 35.5. The van der Waals surface area contributed by atoms with E-state index in [1.165, 1.54) is 17.1 Å². The summed E-state index contributed by atoms with van der Waals surface area (Å²) in [5.41, 5.74) is 3.58. The monoisotopic (exact) mass is 566 g/mol. The molecule has 39 heavy (non-hydrogen) atoms. The number of carbonyl (C=O) groups is 2. The molecule has 0 radical (unpaired) electrons. The van der Waals surface area contributed by atoms with Crippen LogP contribution in [0.1, 0.15) is 37.4 Å². The van der Waals surface area contributed by atoms with Crippen LogP contribution in [0.25, 0.3) is 23.0 Å². The molecular weight excluding hydrogens is 543 g/mol. The lowest BCUT2D eigenvalue weighted by Crippen LogP contribution is -2.28. The first kappa shape index (κ1) is 27.7. The molecule has 0 saturated heterocycles. The normalized spacial score (nSPS) is 12.0. The quantitative estimate of drug-likeness (QED) is 0.227. The maximum atomic E-state index is 13.0. The Labute approximate surface area is 233 Å². The van der Waals surface area contributed by atoms with Gasteiger partial charge in [-0.2, -0.15) is 4.68 Å². The lowest BCUT2D eigenvalue weighted by molar-refractivity contribution is -0.117. The smallest absolute Gasteiger partial charge is 0.409 e. The molecule has 0 spiro atoms. The molecule has 2 aromatic heterocycles. The zero-order chi connectivity index (χ0) is 27.9. The molecule has 0 fully saturated rings. The summed E-state index contributed by atoms with van der Waals surface area (Å²) in [5.74, 6) is -0.116. The highest BCUT2D eigenvalue weighted by Gasteiger charge is 2.21. The lowest BCUT2D eigenvalue weighted by atomic mass is 9.97. The molecule has 2 amide bonds. The van der Waals surface area contributed by atoms with Gasteiger partial charge in [-0.15, -0.1) is 15.3 Å². The molecule has 0 bridgehead atoms. The third-order valence-corrected chi connectivity index (χ3v) is 6.14. The highest BCUT2D eigenvalue weighted by molar-refractivity contribution is 6.31. The number of halogens is 2. The zero-order valence-corrected chi connectivity index (χ0v) is 22.4. The van der Waals surface area contributed by atoms with Crippen molar-refractivity contribution >= 4 is 47.0 Å². The van der Waals surface area contributed by atoms with Crippen LogP contribution < -0.4 is 10.6 Å². The number of tetrazole rings is 1. The number of aromatic nitrogens is 6. The summed E-state index contributed by atoms with van der Waals surface area (Å²) in [7, 11) is 0. The third-order valence-electron chi connectivity index (χ3n) is 5.61. The molecular formula is C26H24Cl2N8O3. The second-order valence-corrected chi connectivity index (χ2v) is 9.76. The van der Waals surface area contributed by atoms with E-state index in [9.17, 15) is 9.59 Å². The Morgan fingerprint density at radius 3 is 2.51 bits per heavy atom. The van der Waals surface area contributed by atoms with Gasteiger partial charge >= 0.3 is 6.09 Å². The Morgan fingerprint density at radius 1 is 1.08 bits per heavy atom. The summed E-state index contributed by atoms with van der Waals surface area (Å²) < 4.78 is 1.48. The number of carboxylic acid groups (broad SMARTS) is 1. The van der Waals surface area contributed by atoms with Gasteiger partial charge < -0.3 is 10.4 Å². The number of carbonyl (C=O) groups excluding carboxylic acids is 1. The van der Waals surface area contributed by atoms with Crippen LogP contribution in [0.4, 0.5) is 10.5 Å². The minimum atomic E-state index is -1.15. The molecule has 200 valence electrons. The van der Waals surface area contributed by atoms with E-state index in [1.807, 2.05) is 13.8 Å². The van der Waals surface area contributed by atoms with Crippen molar-refractivity contribution in [2.75, 3.05) is 5.32 Å². The van der Waals surface area contributed by atoms with Gasteiger partial charge in [0.15, 0.2) is 5.15 Å². The van der Waals surface area contributed by atoms with Crippen molar-refractivity contribution in [1.82, 2.24) is 35.7 Å². The van der Waals surface area contributed by atoms with Crippen LogP contribution in [0.5, 0.6) is 0 Å². The zero-order valence-electron chi connectivity index (χ0n) is 20.9. The number of nitrogens with zero attached hydrogens (tertiary/aromatic N) is 6. The molecule has 4 rings (SSSR count).